The molecular weight excluding hydrogens is 415 g/mol. The highest BCUT2D eigenvalue weighted by atomic mass is 19.4. The number of imidazole rings is 1. The molecule has 0 saturated heterocycles. The van der Waals surface area contributed by atoms with Crippen LogP contribution in [0.4, 0.5) is 13.2 Å². The van der Waals surface area contributed by atoms with E-state index < -0.39 is 11.7 Å². The second kappa shape index (κ2) is 8.86. The zero-order valence-electron chi connectivity index (χ0n) is 17.5. The van der Waals surface area contributed by atoms with Gasteiger partial charge < -0.3 is 4.90 Å². The van der Waals surface area contributed by atoms with Crippen molar-refractivity contribution in [1.82, 2.24) is 14.3 Å². The van der Waals surface area contributed by atoms with Crippen LogP contribution in [0.25, 0.3) is 5.65 Å². The lowest BCUT2D eigenvalue weighted by Gasteiger charge is -2.23. The Balaban J connectivity index is 1.79. The van der Waals surface area contributed by atoms with Gasteiger partial charge in [0.2, 0.25) is 0 Å². The Bertz CT molecular complexity index is 1180. The van der Waals surface area contributed by atoms with E-state index in [4.69, 9.17) is 0 Å². The number of carbonyl (C=O) groups is 1. The van der Waals surface area contributed by atoms with Gasteiger partial charge in [-0.1, -0.05) is 67.6 Å². The van der Waals surface area contributed by atoms with E-state index in [1.807, 2.05) is 67.6 Å². The van der Waals surface area contributed by atoms with E-state index >= 15 is 0 Å². The predicted molar refractivity (Wildman–Crippen MR) is 116 cm³/mol. The van der Waals surface area contributed by atoms with Crippen molar-refractivity contribution in [1.29, 1.82) is 0 Å². The molecule has 1 amide bonds. The van der Waals surface area contributed by atoms with E-state index in [1.54, 1.807) is 4.90 Å². The Hall–Kier alpha value is -3.61. The average molecular weight is 437 g/mol. The molecule has 0 aliphatic rings. The number of carbonyl (C=O) groups excluding carboxylic acids is 1. The molecule has 0 atom stereocenters. The summed E-state index contributed by atoms with van der Waals surface area (Å²) in [5.41, 5.74) is 1.99. The first-order chi connectivity index (χ1) is 15.4. The number of alkyl halides is 3. The maximum atomic E-state index is 13.8. The molecule has 0 aliphatic heterocycles. The lowest BCUT2D eigenvalue weighted by Crippen LogP contribution is -2.31. The number of halogens is 3. The standard InChI is InChI=1S/C25H22F3N3O/c1-2-21-23(31-17-20(25(26,27)28)13-14-22(31)29-21)24(32)30(15-18-9-5-3-6-10-18)16-19-11-7-4-8-12-19/h3-14,17H,2,15-16H2,1H3. The number of aryl methyl sites for hydroxylation is 1. The fraction of sp³-hybridized carbons (Fsp3) is 0.200. The number of rotatable bonds is 6. The molecule has 0 radical (unpaired) electrons. The molecular formula is C25H22F3N3O. The first-order valence-corrected chi connectivity index (χ1v) is 10.3. The Morgan fingerprint density at radius 2 is 1.47 bits per heavy atom. The van der Waals surface area contributed by atoms with Gasteiger partial charge in [0.25, 0.3) is 5.91 Å². The minimum Gasteiger partial charge on any atom is -0.329 e. The second-order valence-electron chi connectivity index (χ2n) is 7.54. The molecule has 4 aromatic rings. The first kappa shape index (κ1) is 21.6. The highest BCUT2D eigenvalue weighted by Crippen LogP contribution is 2.30. The molecule has 0 spiro atoms. The van der Waals surface area contributed by atoms with Gasteiger partial charge in [-0.15, -0.1) is 0 Å². The third-order valence-corrected chi connectivity index (χ3v) is 5.28. The molecule has 2 heterocycles. The maximum Gasteiger partial charge on any atom is 0.417 e. The Morgan fingerprint density at radius 1 is 0.906 bits per heavy atom. The molecule has 0 bridgehead atoms. The van der Waals surface area contributed by atoms with Crippen LogP contribution >= 0.6 is 0 Å². The summed E-state index contributed by atoms with van der Waals surface area (Å²) in [6.45, 7) is 2.48. The monoisotopic (exact) mass is 437 g/mol. The van der Waals surface area contributed by atoms with Crippen molar-refractivity contribution in [3.63, 3.8) is 0 Å². The van der Waals surface area contributed by atoms with E-state index in [-0.39, 0.29) is 11.6 Å². The smallest absolute Gasteiger partial charge is 0.329 e. The molecule has 32 heavy (non-hydrogen) atoms. The van der Waals surface area contributed by atoms with Crippen LogP contribution < -0.4 is 0 Å². The summed E-state index contributed by atoms with van der Waals surface area (Å²) in [5, 5.41) is 0. The number of aromatic nitrogens is 2. The van der Waals surface area contributed by atoms with Crippen LogP contribution in [0.15, 0.2) is 79.0 Å². The van der Waals surface area contributed by atoms with Crippen LogP contribution in [0.5, 0.6) is 0 Å². The van der Waals surface area contributed by atoms with Crippen LogP contribution in [0.3, 0.4) is 0 Å². The molecule has 4 rings (SSSR count). The first-order valence-electron chi connectivity index (χ1n) is 10.3. The molecule has 7 heteroatoms. The summed E-state index contributed by atoms with van der Waals surface area (Å²) in [7, 11) is 0. The number of hydrogen-bond acceptors (Lipinski definition) is 2. The number of benzene rings is 2. The van der Waals surface area contributed by atoms with Crippen molar-refractivity contribution in [2.45, 2.75) is 32.6 Å². The number of hydrogen-bond donors (Lipinski definition) is 0. The van der Waals surface area contributed by atoms with Crippen molar-refractivity contribution in [2.24, 2.45) is 0 Å². The normalized spacial score (nSPS) is 11.6. The topological polar surface area (TPSA) is 37.6 Å². The van der Waals surface area contributed by atoms with Crippen molar-refractivity contribution < 1.29 is 18.0 Å². The zero-order valence-corrected chi connectivity index (χ0v) is 17.5. The van der Waals surface area contributed by atoms with Gasteiger partial charge in [0, 0.05) is 19.3 Å². The van der Waals surface area contributed by atoms with Crippen LogP contribution in [0.1, 0.15) is 39.8 Å². The summed E-state index contributed by atoms with van der Waals surface area (Å²) in [4.78, 5) is 19.8. The molecule has 164 valence electrons. The van der Waals surface area contributed by atoms with Gasteiger partial charge in [0.15, 0.2) is 0 Å². The van der Waals surface area contributed by atoms with Crippen LogP contribution in [-0.4, -0.2) is 20.2 Å². The third kappa shape index (κ3) is 4.51. The maximum absolute atomic E-state index is 13.8. The van der Waals surface area contributed by atoms with E-state index in [0.29, 0.717) is 30.9 Å². The quantitative estimate of drug-likeness (QED) is 0.385. The van der Waals surface area contributed by atoms with Crippen molar-refractivity contribution in [3.05, 3.63) is 107 Å². The van der Waals surface area contributed by atoms with Crippen LogP contribution in [0, 0.1) is 0 Å². The number of pyridine rings is 1. The number of nitrogens with zero attached hydrogens (tertiary/aromatic N) is 3. The van der Waals surface area contributed by atoms with Gasteiger partial charge in [-0.05, 0) is 29.7 Å². The molecule has 2 aromatic carbocycles. The fourth-order valence-electron chi connectivity index (χ4n) is 3.69. The Kier molecular flexibility index (Phi) is 5.99. The van der Waals surface area contributed by atoms with E-state index in [9.17, 15) is 18.0 Å². The van der Waals surface area contributed by atoms with E-state index in [1.165, 1.54) is 10.5 Å². The molecule has 0 fully saturated rings. The van der Waals surface area contributed by atoms with Gasteiger partial charge in [-0.2, -0.15) is 13.2 Å². The van der Waals surface area contributed by atoms with Crippen molar-refractivity contribution in [2.75, 3.05) is 0 Å². The van der Waals surface area contributed by atoms with Gasteiger partial charge in [0.05, 0.1) is 11.3 Å². The SMILES string of the molecule is CCc1nc2ccc(C(F)(F)F)cn2c1C(=O)N(Cc1ccccc1)Cc1ccccc1. The van der Waals surface area contributed by atoms with E-state index in [0.717, 1.165) is 23.4 Å². The van der Waals surface area contributed by atoms with Gasteiger partial charge >= 0.3 is 6.18 Å². The molecule has 0 saturated carbocycles. The predicted octanol–water partition coefficient (Wildman–Crippen LogP) is 5.76. The third-order valence-electron chi connectivity index (χ3n) is 5.28. The Labute approximate surface area is 183 Å². The minimum absolute atomic E-state index is 0.167. The summed E-state index contributed by atoms with van der Waals surface area (Å²) >= 11 is 0. The summed E-state index contributed by atoms with van der Waals surface area (Å²) in [6.07, 6.45) is -3.13. The largest absolute Gasteiger partial charge is 0.417 e. The minimum atomic E-state index is -4.51. The average Bonchev–Trinajstić information content (AvgIpc) is 3.17. The molecule has 4 nitrogen and oxygen atoms in total. The van der Waals surface area contributed by atoms with Crippen molar-refractivity contribution >= 4 is 11.6 Å². The lowest BCUT2D eigenvalue weighted by molar-refractivity contribution is -0.137. The fourth-order valence-corrected chi connectivity index (χ4v) is 3.69. The molecule has 0 aliphatic carbocycles. The highest BCUT2D eigenvalue weighted by Gasteiger charge is 2.32. The number of fused-ring (bicyclic) bond motifs is 1. The number of amides is 1. The molecule has 0 unspecified atom stereocenters. The van der Waals surface area contributed by atoms with Crippen LogP contribution in [0.2, 0.25) is 0 Å². The lowest BCUT2D eigenvalue weighted by atomic mass is 10.1. The second-order valence-corrected chi connectivity index (χ2v) is 7.54. The molecule has 2 aromatic heterocycles. The van der Waals surface area contributed by atoms with Crippen molar-refractivity contribution in [3.8, 4) is 0 Å². The molecule has 0 N–H and O–H groups in total. The zero-order chi connectivity index (χ0) is 22.7. The van der Waals surface area contributed by atoms with E-state index in [2.05, 4.69) is 4.98 Å². The van der Waals surface area contributed by atoms with Crippen LogP contribution in [-0.2, 0) is 25.7 Å². The Morgan fingerprint density at radius 3 is 1.97 bits per heavy atom. The summed E-state index contributed by atoms with van der Waals surface area (Å²) in [5.74, 6) is -0.360. The van der Waals surface area contributed by atoms with Gasteiger partial charge in [-0.3, -0.25) is 9.20 Å². The summed E-state index contributed by atoms with van der Waals surface area (Å²) in [6, 6.07) is 21.3. The van der Waals surface area contributed by atoms with Gasteiger partial charge in [0.1, 0.15) is 11.3 Å². The summed E-state index contributed by atoms with van der Waals surface area (Å²) < 4.78 is 41.3. The van der Waals surface area contributed by atoms with Gasteiger partial charge in [-0.25, -0.2) is 4.98 Å². The highest BCUT2D eigenvalue weighted by molar-refractivity contribution is 5.94.